The Bertz CT molecular complexity index is 895. The molecule has 0 fully saturated rings. The maximum Gasteiger partial charge on any atom is 0.354 e. The van der Waals surface area contributed by atoms with Gasteiger partial charge in [0.15, 0.2) is 0 Å². The molecule has 23 heavy (non-hydrogen) atoms. The highest BCUT2D eigenvalue weighted by Gasteiger charge is 2.11. The first-order chi connectivity index (χ1) is 11.1. The van der Waals surface area contributed by atoms with Gasteiger partial charge in [0, 0.05) is 12.7 Å². The van der Waals surface area contributed by atoms with Crippen LogP contribution in [-0.2, 0) is 17.8 Å². The van der Waals surface area contributed by atoms with Crippen LogP contribution in [0, 0.1) is 0 Å². The van der Waals surface area contributed by atoms with E-state index in [1.54, 1.807) is 12.3 Å². The number of aromatic amines is 2. The Hall–Kier alpha value is -2.45. The summed E-state index contributed by atoms with van der Waals surface area (Å²) in [5.41, 5.74) is 1.98. The van der Waals surface area contributed by atoms with Crippen LogP contribution in [0.4, 0.5) is 0 Å². The summed E-state index contributed by atoms with van der Waals surface area (Å²) in [5, 5.41) is 1.86. The van der Waals surface area contributed by atoms with Crippen molar-refractivity contribution in [2.75, 3.05) is 14.2 Å². The van der Waals surface area contributed by atoms with E-state index in [0.29, 0.717) is 29.3 Å². The van der Waals surface area contributed by atoms with E-state index in [4.69, 9.17) is 0 Å². The smallest absolute Gasteiger partial charge is 0.354 e. The standard InChI is InChI=1S/C15H16N4O3S/c1-19(7-9-5-11(16-6-9)15(21)22-2)8-12-17-10-3-4-23-13(10)14(20)18-12/h3-6,16H,7-8H2,1-2H3,(H,17,18,20). The molecule has 3 rings (SSSR count). The second-order valence-electron chi connectivity index (χ2n) is 5.23. The lowest BCUT2D eigenvalue weighted by molar-refractivity contribution is 0.0595. The van der Waals surface area contributed by atoms with Crippen molar-refractivity contribution in [3.8, 4) is 0 Å². The number of ether oxygens (including phenoxy) is 1. The zero-order valence-electron chi connectivity index (χ0n) is 12.8. The van der Waals surface area contributed by atoms with Crippen molar-refractivity contribution in [1.82, 2.24) is 19.9 Å². The number of hydrogen-bond donors (Lipinski definition) is 2. The number of nitrogens with one attached hydrogen (secondary N) is 2. The summed E-state index contributed by atoms with van der Waals surface area (Å²) >= 11 is 1.38. The Labute approximate surface area is 135 Å². The molecule has 0 bridgehead atoms. The Morgan fingerprint density at radius 2 is 2.26 bits per heavy atom. The normalized spacial score (nSPS) is 11.3. The number of aromatic nitrogens is 3. The van der Waals surface area contributed by atoms with Crippen molar-refractivity contribution < 1.29 is 9.53 Å². The van der Waals surface area contributed by atoms with Crippen molar-refractivity contribution in [2.45, 2.75) is 13.1 Å². The molecular formula is C15H16N4O3S. The zero-order valence-corrected chi connectivity index (χ0v) is 13.6. The summed E-state index contributed by atoms with van der Waals surface area (Å²) in [5.74, 6) is 0.222. The molecule has 120 valence electrons. The van der Waals surface area contributed by atoms with E-state index < -0.39 is 5.97 Å². The highest BCUT2D eigenvalue weighted by Crippen LogP contribution is 2.14. The molecule has 0 radical (unpaired) electrons. The van der Waals surface area contributed by atoms with E-state index in [0.717, 1.165) is 11.1 Å². The number of esters is 1. The van der Waals surface area contributed by atoms with Gasteiger partial charge < -0.3 is 14.7 Å². The Morgan fingerprint density at radius 1 is 1.43 bits per heavy atom. The predicted octanol–water partition coefficient (Wildman–Crippen LogP) is 1.73. The monoisotopic (exact) mass is 332 g/mol. The summed E-state index contributed by atoms with van der Waals surface area (Å²) in [4.78, 5) is 35.5. The molecule has 0 saturated carbocycles. The van der Waals surface area contributed by atoms with Crippen molar-refractivity contribution in [3.05, 3.63) is 51.1 Å². The molecule has 0 unspecified atom stereocenters. The molecule has 3 heterocycles. The van der Waals surface area contributed by atoms with E-state index in [9.17, 15) is 9.59 Å². The molecule has 0 amide bonds. The average molecular weight is 332 g/mol. The molecule has 0 spiro atoms. The summed E-state index contributed by atoms with van der Waals surface area (Å²) in [7, 11) is 3.26. The Morgan fingerprint density at radius 3 is 3.04 bits per heavy atom. The van der Waals surface area contributed by atoms with Gasteiger partial charge in [-0.25, -0.2) is 9.78 Å². The van der Waals surface area contributed by atoms with Gasteiger partial charge in [0.1, 0.15) is 16.2 Å². The predicted molar refractivity (Wildman–Crippen MR) is 87.5 cm³/mol. The number of rotatable bonds is 5. The maximum atomic E-state index is 12.0. The largest absolute Gasteiger partial charge is 0.464 e. The number of carbonyl (C=O) groups is 1. The molecule has 8 heteroatoms. The van der Waals surface area contributed by atoms with E-state index in [1.807, 2.05) is 23.4 Å². The van der Waals surface area contributed by atoms with Crippen LogP contribution in [0.25, 0.3) is 10.2 Å². The zero-order chi connectivity index (χ0) is 16.4. The first kappa shape index (κ1) is 15.4. The summed E-state index contributed by atoms with van der Waals surface area (Å²) in [6.07, 6.45) is 1.76. The van der Waals surface area contributed by atoms with Gasteiger partial charge >= 0.3 is 5.97 Å². The van der Waals surface area contributed by atoms with Crippen molar-refractivity contribution >= 4 is 27.5 Å². The minimum atomic E-state index is -0.396. The molecule has 0 atom stereocenters. The van der Waals surface area contributed by atoms with Gasteiger partial charge in [-0.1, -0.05) is 0 Å². The lowest BCUT2D eigenvalue weighted by Crippen LogP contribution is -2.21. The van der Waals surface area contributed by atoms with Crippen LogP contribution in [0.5, 0.6) is 0 Å². The van der Waals surface area contributed by atoms with E-state index in [2.05, 4.69) is 19.7 Å². The molecule has 0 saturated heterocycles. The Kier molecular flexibility index (Phi) is 4.26. The van der Waals surface area contributed by atoms with Crippen molar-refractivity contribution in [3.63, 3.8) is 0 Å². The van der Waals surface area contributed by atoms with Gasteiger partial charge in [-0.2, -0.15) is 0 Å². The van der Waals surface area contributed by atoms with Crippen molar-refractivity contribution in [1.29, 1.82) is 0 Å². The molecule has 3 aromatic rings. The third kappa shape index (κ3) is 3.33. The maximum absolute atomic E-state index is 12.0. The molecule has 0 aromatic carbocycles. The minimum Gasteiger partial charge on any atom is -0.464 e. The SMILES string of the molecule is COC(=O)c1cc(CN(C)Cc2nc3ccsc3c(=O)[nH]2)c[nH]1. The fourth-order valence-electron chi connectivity index (χ4n) is 2.38. The molecular weight excluding hydrogens is 316 g/mol. The molecule has 0 aliphatic rings. The third-order valence-electron chi connectivity index (χ3n) is 3.38. The topological polar surface area (TPSA) is 91.1 Å². The number of carbonyl (C=O) groups excluding carboxylic acids is 1. The van der Waals surface area contributed by atoms with Crippen LogP contribution < -0.4 is 5.56 Å². The number of nitrogens with zero attached hydrogens (tertiary/aromatic N) is 2. The summed E-state index contributed by atoms with van der Waals surface area (Å²) < 4.78 is 5.31. The van der Waals surface area contributed by atoms with Gasteiger partial charge in [-0.15, -0.1) is 11.3 Å². The first-order valence-electron chi connectivity index (χ1n) is 6.97. The lowest BCUT2D eigenvalue weighted by atomic mass is 10.3. The molecule has 0 aliphatic heterocycles. The number of methoxy groups -OCH3 is 1. The van der Waals surface area contributed by atoms with Crippen LogP contribution in [0.15, 0.2) is 28.5 Å². The van der Waals surface area contributed by atoms with Crippen LogP contribution in [0.3, 0.4) is 0 Å². The van der Waals surface area contributed by atoms with Crippen LogP contribution in [-0.4, -0.2) is 40.0 Å². The Balaban J connectivity index is 1.70. The van der Waals surface area contributed by atoms with Gasteiger partial charge in [0.05, 0.1) is 19.2 Å². The van der Waals surface area contributed by atoms with E-state index in [-0.39, 0.29) is 5.56 Å². The van der Waals surface area contributed by atoms with E-state index in [1.165, 1.54) is 18.4 Å². The second-order valence-corrected chi connectivity index (χ2v) is 6.15. The van der Waals surface area contributed by atoms with Crippen LogP contribution in [0.1, 0.15) is 21.9 Å². The lowest BCUT2D eigenvalue weighted by Gasteiger charge is -2.14. The summed E-state index contributed by atoms with van der Waals surface area (Å²) in [6, 6.07) is 3.59. The first-order valence-corrected chi connectivity index (χ1v) is 7.85. The van der Waals surface area contributed by atoms with Gasteiger partial charge in [0.2, 0.25) is 0 Å². The average Bonchev–Trinajstić information content (AvgIpc) is 3.15. The van der Waals surface area contributed by atoms with Gasteiger partial charge in [-0.3, -0.25) is 9.69 Å². The third-order valence-corrected chi connectivity index (χ3v) is 4.29. The molecule has 2 N–H and O–H groups in total. The quantitative estimate of drug-likeness (QED) is 0.694. The second kappa shape index (κ2) is 6.35. The fraction of sp³-hybridized carbons (Fsp3) is 0.267. The molecule has 3 aromatic heterocycles. The van der Waals surface area contributed by atoms with Gasteiger partial charge in [-0.05, 0) is 30.1 Å². The highest BCUT2D eigenvalue weighted by atomic mass is 32.1. The number of thiophene rings is 1. The summed E-state index contributed by atoms with van der Waals surface area (Å²) in [6.45, 7) is 1.11. The molecule has 7 nitrogen and oxygen atoms in total. The van der Waals surface area contributed by atoms with E-state index >= 15 is 0 Å². The highest BCUT2D eigenvalue weighted by molar-refractivity contribution is 7.17. The van der Waals surface area contributed by atoms with Crippen LogP contribution >= 0.6 is 11.3 Å². The number of fused-ring (bicyclic) bond motifs is 1. The van der Waals surface area contributed by atoms with Crippen LogP contribution in [0.2, 0.25) is 0 Å². The minimum absolute atomic E-state index is 0.108. The van der Waals surface area contributed by atoms with Crippen molar-refractivity contribution in [2.24, 2.45) is 0 Å². The number of hydrogen-bond acceptors (Lipinski definition) is 6. The fourth-order valence-corrected chi connectivity index (χ4v) is 3.10. The number of H-pyrrole nitrogens is 2. The molecule has 0 aliphatic carbocycles. The van der Waals surface area contributed by atoms with Gasteiger partial charge in [0.25, 0.3) is 5.56 Å².